The molecule has 1 aliphatic heterocycles. The molecule has 1 N–H and O–H groups in total. The van der Waals surface area contributed by atoms with Crippen LogP contribution in [0.15, 0.2) is 60.2 Å². The van der Waals surface area contributed by atoms with Crippen LogP contribution < -0.4 is 14.4 Å². The second-order valence-corrected chi connectivity index (χ2v) is 8.55. The van der Waals surface area contributed by atoms with Gasteiger partial charge in [-0.2, -0.15) is 0 Å². The lowest BCUT2D eigenvalue weighted by Gasteiger charge is -2.26. The highest BCUT2D eigenvalue weighted by molar-refractivity contribution is 6.51. The lowest BCUT2D eigenvalue weighted by Crippen LogP contribution is -2.30. The van der Waals surface area contributed by atoms with Crippen molar-refractivity contribution in [2.75, 3.05) is 19.1 Å². The molecule has 6 nitrogen and oxygen atoms in total. The molecule has 0 aliphatic carbocycles. The summed E-state index contributed by atoms with van der Waals surface area (Å²) in [4.78, 5) is 27.8. The molecule has 3 aromatic carbocycles. The van der Waals surface area contributed by atoms with E-state index in [0.717, 1.165) is 11.1 Å². The van der Waals surface area contributed by atoms with Crippen LogP contribution in [0.3, 0.4) is 0 Å². The first-order chi connectivity index (χ1) is 16.7. The predicted octanol–water partition coefficient (Wildman–Crippen LogP) is 5.74. The van der Waals surface area contributed by atoms with Crippen molar-refractivity contribution in [1.82, 2.24) is 0 Å². The van der Waals surface area contributed by atoms with E-state index in [1.54, 1.807) is 18.2 Å². The van der Waals surface area contributed by atoms with E-state index >= 15 is 4.39 Å². The summed E-state index contributed by atoms with van der Waals surface area (Å²) >= 11 is 6.27. The Morgan fingerprint density at radius 3 is 2.29 bits per heavy atom. The maximum absolute atomic E-state index is 15.1. The number of anilines is 1. The summed E-state index contributed by atoms with van der Waals surface area (Å²) in [5.41, 5.74) is 2.13. The maximum Gasteiger partial charge on any atom is 0.300 e. The maximum atomic E-state index is 15.1. The lowest BCUT2D eigenvalue weighted by molar-refractivity contribution is -0.132. The molecule has 4 rings (SSSR count). The summed E-state index contributed by atoms with van der Waals surface area (Å²) in [6.45, 7) is 3.79. The molecule has 3 aromatic rings. The van der Waals surface area contributed by atoms with Crippen molar-refractivity contribution >= 4 is 34.7 Å². The molecule has 1 saturated heterocycles. The SMILES string of the molecule is COc1cc(OC)c(/C(O)=C2\C(=O)C(=O)N(c3ccc(C)c(C)c3)C2c2ccccc2F)cc1Cl. The first-order valence-corrected chi connectivity index (χ1v) is 11.1. The zero-order valence-electron chi connectivity index (χ0n) is 19.6. The highest BCUT2D eigenvalue weighted by Crippen LogP contribution is 2.45. The van der Waals surface area contributed by atoms with Crippen LogP contribution in [0, 0.1) is 19.7 Å². The van der Waals surface area contributed by atoms with Crippen molar-refractivity contribution in [3.8, 4) is 11.5 Å². The fourth-order valence-electron chi connectivity index (χ4n) is 4.16. The third-order valence-corrected chi connectivity index (χ3v) is 6.44. The van der Waals surface area contributed by atoms with Crippen molar-refractivity contribution in [2.45, 2.75) is 19.9 Å². The molecular weight excluding hydrogens is 473 g/mol. The Bertz CT molecular complexity index is 1380. The van der Waals surface area contributed by atoms with Crippen molar-refractivity contribution in [3.05, 3.63) is 93.3 Å². The Kier molecular flexibility index (Phi) is 6.54. The van der Waals surface area contributed by atoms with E-state index in [1.165, 1.54) is 49.5 Å². The molecule has 0 aromatic heterocycles. The number of aryl methyl sites for hydroxylation is 2. The van der Waals surface area contributed by atoms with Gasteiger partial charge in [0.1, 0.15) is 23.1 Å². The van der Waals surface area contributed by atoms with Crippen LogP contribution in [0.25, 0.3) is 5.76 Å². The number of hydrogen-bond acceptors (Lipinski definition) is 5. The third-order valence-electron chi connectivity index (χ3n) is 6.14. The number of ether oxygens (including phenoxy) is 2. The number of benzene rings is 3. The molecule has 0 spiro atoms. The number of methoxy groups -OCH3 is 2. The largest absolute Gasteiger partial charge is 0.507 e. The number of carbonyl (C=O) groups is 2. The highest BCUT2D eigenvalue weighted by Gasteiger charge is 2.48. The molecule has 0 radical (unpaired) electrons. The van der Waals surface area contributed by atoms with Gasteiger partial charge < -0.3 is 14.6 Å². The van der Waals surface area contributed by atoms with E-state index in [1.807, 2.05) is 19.9 Å². The Morgan fingerprint density at radius 2 is 1.66 bits per heavy atom. The van der Waals surface area contributed by atoms with Crippen molar-refractivity contribution < 1.29 is 28.6 Å². The van der Waals surface area contributed by atoms with E-state index in [2.05, 4.69) is 0 Å². The molecule has 180 valence electrons. The van der Waals surface area contributed by atoms with Gasteiger partial charge in [-0.1, -0.05) is 35.9 Å². The van der Waals surface area contributed by atoms with Gasteiger partial charge in [-0.05, 0) is 49.2 Å². The van der Waals surface area contributed by atoms with Gasteiger partial charge in [-0.25, -0.2) is 4.39 Å². The first kappa shape index (κ1) is 24.3. The molecule has 1 atom stereocenters. The number of ketones is 1. The predicted molar refractivity (Wildman–Crippen MR) is 132 cm³/mol. The topological polar surface area (TPSA) is 76.1 Å². The summed E-state index contributed by atoms with van der Waals surface area (Å²) in [6, 6.07) is 12.7. The highest BCUT2D eigenvalue weighted by atomic mass is 35.5. The molecule has 1 unspecified atom stereocenters. The Hall–Kier alpha value is -3.84. The molecule has 1 heterocycles. The summed E-state index contributed by atoms with van der Waals surface area (Å²) < 4.78 is 25.6. The zero-order chi connectivity index (χ0) is 25.4. The number of nitrogens with zero attached hydrogens (tertiary/aromatic N) is 1. The van der Waals surface area contributed by atoms with E-state index in [9.17, 15) is 14.7 Å². The third kappa shape index (κ3) is 4.12. The van der Waals surface area contributed by atoms with Gasteiger partial charge in [0.05, 0.1) is 36.4 Å². The van der Waals surface area contributed by atoms with E-state index < -0.39 is 29.3 Å². The Labute approximate surface area is 207 Å². The molecule has 0 bridgehead atoms. The summed E-state index contributed by atoms with van der Waals surface area (Å²) in [6.07, 6.45) is 0. The van der Waals surface area contributed by atoms with Gasteiger partial charge in [0.15, 0.2) is 0 Å². The second kappa shape index (κ2) is 9.43. The van der Waals surface area contributed by atoms with Crippen LogP contribution in [-0.4, -0.2) is 31.0 Å². The quantitative estimate of drug-likeness (QED) is 0.277. The first-order valence-electron chi connectivity index (χ1n) is 10.7. The normalized spacial score (nSPS) is 17.1. The van der Waals surface area contributed by atoms with Crippen LogP contribution >= 0.6 is 11.6 Å². The number of aliphatic hydroxyl groups is 1. The van der Waals surface area contributed by atoms with Crippen LogP contribution in [0.1, 0.15) is 28.3 Å². The number of aliphatic hydroxyl groups excluding tert-OH is 1. The molecule has 1 aliphatic rings. The van der Waals surface area contributed by atoms with E-state index in [0.29, 0.717) is 11.4 Å². The number of Topliss-reactive ketones (excluding diaryl/α,β-unsaturated/α-hetero) is 1. The van der Waals surface area contributed by atoms with Crippen LogP contribution in [-0.2, 0) is 9.59 Å². The fourth-order valence-corrected chi connectivity index (χ4v) is 4.40. The monoisotopic (exact) mass is 495 g/mol. The van der Waals surface area contributed by atoms with Crippen molar-refractivity contribution in [3.63, 3.8) is 0 Å². The van der Waals surface area contributed by atoms with E-state index in [4.69, 9.17) is 21.1 Å². The number of halogens is 2. The minimum atomic E-state index is -1.22. The van der Waals surface area contributed by atoms with Crippen LogP contribution in [0.4, 0.5) is 10.1 Å². The summed E-state index contributed by atoms with van der Waals surface area (Å²) in [7, 11) is 2.80. The van der Waals surface area contributed by atoms with Crippen LogP contribution in [0.2, 0.25) is 5.02 Å². The molecule has 35 heavy (non-hydrogen) atoms. The van der Waals surface area contributed by atoms with Gasteiger partial charge in [0, 0.05) is 17.3 Å². The van der Waals surface area contributed by atoms with Crippen molar-refractivity contribution in [2.24, 2.45) is 0 Å². The van der Waals surface area contributed by atoms with E-state index in [-0.39, 0.29) is 27.5 Å². The standard InChI is InChI=1S/C27H23ClFNO5/c1-14-9-10-16(11-15(14)2)30-24(17-7-5-6-8-20(17)29)23(26(32)27(30)33)25(31)18-12-19(28)22(35-4)13-21(18)34-3/h5-13,24,31H,1-4H3/b25-23+. The molecule has 8 heteroatoms. The molecular formula is C27H23ClFNO5. The van der Waals surface area contributed by atoms with Crippen molar-refractivity contribution in [1.29, 1.82) is 0 Å². The average molecular weight is 496 g/mol. The minimum Gasteiger partial charge on any atom is -0.507 e. The average Bonchev–Trinajstić information content (AvgIpc) is 3.10. The van der Waals surface area contributed by atoms with Crippen LogP contribution in [0.5, 0.6) is 11.5 Å². The zero-order valence-corrected chi connectivity index (χ0v) is 20.3. The minimum absolute atomic E-state index is 0.0602. The van der Waals surface area contributed by atoms with Gasteiger partial charge in [-0.3, -0.25) is 14.5 Å². The lowest BCUT2D eigenvalue weighted by atomic mass is 9.94. The smallest absolute Gasteiger partial charge is 0.300 e. The molecule has 1 amide bonds. The number of amides is 1. The fraction of sp³-hybridized carbons (Fsp3) is 0.185. The van der Waals surface area contributed by atoms with Gasteiger partial charge in [0.2, 0.25) is 0 Å². The van der Waals surface area contributed by atoms with Gasteiger partial charge in [-0.15, -0.1) is 0 Å². The van der Waals surface area contributed by atoms with Gasteiger partial charge in [0.25, 0.3) is 11.7 Å². The summed E-state index contributed by atoms with van der Waals surface area (Å²) in [5, 5.41) is 11.5. The number of hydrogen-bond donors (Lipinski definition) is 1. The summed E-state index contributed by atoms with van der Waals surface area (Å²) in [5.74, 6) is -2.55. The second-order valence-electron chi connectivity index (χ2n) is 8.15. The number of carbonyl (C=O) groups excluding carboxylic acids is 2. The Balaban J connectivity index is 2.02. The number of rotatable bonds is 5. The molecule has 1 fully saturated rings. The van der Waals surface area contributed by atoms with Gasteiger partial charge >= 0.3 is 0 Å². The molecule has 0 saturated carbocycles. The Morgan fingerprint density at radius 1 is 0.971 bits per heavy atom.